The van der Waals surface area contributed by atoms with Crippen molar-refractivity contribution in [1.29, 1.82) is 5.41 Å². The molecule has 26 heavy (non-hydrogen) atoms. The van der Waals surface area contributed by atoms with Gasteiger partial charge in [-0.2, -0.15) is 0 Å². The third-order valence-electron chi connectivity index (χ3n) is 4.73. The fourth-order valence-corrected chi connectivity index (χ4v) is 3.36. The Hall–Kier alpha value is -3.28. The number of methoxy groups -OCH3 is 1. The topological polar surface area (TPSA) is 74.4 Å². The van der Waals surface area contributed by atoms with Crippen LogP contribution in [0.1, 0.15) is 11.4 Å². The number of amidine groups is 1. The summed E-state index contributed by atoms with van der Waals surface area (Å²) in [6.07, 6.45) is 0. The van der Waals surface area contributed by atoms with E-state index in [-0.39, 0.29) is 18.1 Å². The van der Waals surface area contributed by atoms with Gasteiger partial charge in [0.15, 0.2) is 0 Å². The lowest BCUT2D eigenvalue weighted by Gasteiger charge is -2.19. The predicted molar refractivity (Wildman–Crippen MR) is 103 cm³/mol. The number of aliphatic hydroxyl groups excluding tert-OH is 1. The second kappa shape index (κ2) is 5.91. The molecule has 0 radical (unpaired) electrons. The number of ether oxygens (including phenoxy) is 1. The highest BCUT2D eigenvalue weighted by molar-refractivity contribution is 6.30. The van der Waals surface area contributed by atoms with Gasteiger partial charge in [0.25, 0.3) is 0 Å². The van der Waals surface area contributed by atoms with Crippen LogP contribution < -0.4 is 9.64 Å². The first-order chi connectivity index (χ1) is 12.5. The average molecular weight is 348 g/mol. The highest BCUT2D eigenvalue weighted by atomic mass is 16.5. The van der Waals surface area contributed by atoms with Gasteiger partial charge < -0.3 is 19.3 Å². The molecule has 6 nitrogen and oxygen atoms in total. The van der Waals surface area contributed by atoms with Crippen LogP contribution in [-0.4, -0.2) is 34.1 Å². The SMILES string of the molecule is COc1ccc2c(c1)nc(C1=C(O)CN(c3cccc(C)c3)C1=N)n2C. The number of aryl methyl sites for hydroxylation is 2. The molecule has 3 aromatic rings. The fourth-order valence-electron chi connectivity index (χ4n) is 3.36. The van der Waals surface area contributed by atoms with E-state index in [2.05, 4.69) is 4.98 Å². The van der Waals surface area contributed by atoms with E-state index in [1.54, 1.807) is 12.0 Å². The van der Waals surface area contributed by atoms with E-state index >= 15 is 0 Å². The Morgan fingerprint density at radius 3 is 2.73 bits per heavy atom. The lowest BCUT2D eigenvalue weighted by molar-refractivity contribution is 0.411. The molecule has 132 valence electrons. The van der Waals surface area contributed by atoms with Crippen molar-refractivity contribution in [2.75, 3.05) is 18.6 Å². The Labute approximate surface area is 151 Å². The maximum atomic E-state index is 10.6. The highest BCUT2D eigenvalue weighted by Gasteiger charge is 2.32. The minimum Gasteiger partial charge on any atom is -0.509 e. The zero-order valence-electron chi connectivity index (χ0n) is 14.9. The summed E-state index contributed by atoms with van der Waals surface area (Å²) in [7, 11) is 3.51. The minimum atomic E-state index is 0.155. The number of nitrogens with zero attached hydrogens (tertiary/aromatic N) is 3. The number of aromatic nitrogens is 2. The molecule has 2 N–H and O–H groups in total. The molecule has 0 spiro atoms. The van der Waals surface area contributed by atoms with Crippen LogP contribution in [0.2, 0.25) is 0 Å². The van der Waals surface area contributed by atoms with Crippen LogP contribution in [0.3, 0.4) is 0 Å². The molecular weight excluding hydrogens is 328 g/mol. The number of rotatable bonds is 3. The molecule has 6 heteroatoms. The monoisotopic (exact) mass is 348 g/mol. The van der Waals surface area contributed by atoms with E-state index in [1.807, 2.05) is 61.0 Å². The summed E-state index contributed by atoms with van der Waals surface area (Å²) >= 11 is 0. The fraction of sp³-hybridized carbons (Fsp3) is 0.200. The van der Waals surface area contributed by atoms with Gasteiger partial charge in [-0.1, -0.05) is 12.1 Å². The summed E-state index contributed by atoms with van der Waals surface area (Å²) in [5.41, 5.74) is 4.14. The van der Waals surface area contributed by atoms with Gasteiger partial charge in [0.05, 0.1) is 30.3 Å². The number of hydrogen-bond acceptors (Lipinski definition) is 4. The molecule has 2 aromatic carbocycles. The quantitative estimate of drug-likeness (QED) is 0.757. The van der Waals surface area contributed by atoms with Crippen molar-refractivity contribution in [1.82, 2.24) is 9.55 Å². The van der Waals surface area contributed by atoms with Gasteiger partial charge in [-0.25, -0.2) is 4.98 Å². The summed E-state index contributed by atoms with van der Waals surface area (Å²) in [4.78, 5) is 6.44. The average Bonchev–Trinajstić information content (AvgIpc) is 3.10. The standard InChI is InChI=1S/C20H20N4O2/c1-12-5-4-6-13(9-12)24-11-17(25)18(19(24)21)20-22-15-10-14(26-3)7-8-16(15)23(20)2/h4-10,21,25H,11H2,1-3H3. The summed E-state index contributed by atoms with van der Waals surface area (Å²) in [6, 6.07) is 13.6. The number of hydrogen-bond donors (Lipinski definition) is 2. The van der Waals surface area contributed by atoms with Crippen LogP contribution in [0.15, 0.2) is 48.2 Å². The normalized spacial score (nSPS) is 14.6. The number of nitrogens with one attached hydrogen (secondary N) is 1. The number of aliphatic hydroxyl groups is 1. The lowest BCUT2D eigenvalue weighted by atomic mass is 10.2. The van der Waals surface area contributed by atoms with Crippen LogP contribution in [0, 0.1) is 12.3 Å². The van der Waals surface area contributed by atoms with E-state index in [0.29, 0.717) is 11.4 Å². The van der Waals surface area contributed by atoms with Gasteiger partial charge in [-0.05, 0) is 36.8 Å². The van der Waals surface area contributed by atoms with Gasteiger partial charge in [0.1, 0.15) is 23.2 Å². The van der Waals surface area contributed by atoms with Gasteiger partial charge in [-0.15, -0.1) is 0 Å². The molecule has 2 heterocycles. The molecule has 0 saturated heterocycles. The van der Waals surface area contributed by atoms with Gasteiger partial charge in [0, 0.05) is 18.8 Å². The van der Waals surface area contributed by atoms with E-state index in [9.17, 15) is 5.11 Å². The van der Waals surface area contributed by atoms with Crippen molar-refractivity contribution in [3.63, 3.8) is 0 Å². The molecule has 0 bridgehead atoms. The highest BCUT2D eigenvalue weighted by Crippen LogP contribution is 2.32. The second-order valence-electron chi connectivity index (χ2n) is 6.44. The van der Waals surface area contributed by atoms with Crippen LogP contribution >= 0.6 is 0 Å². The molecule has 0 amide bonds. The number of benzene rings is 2. The summed E-state index contributed by atoms with van der Waals surface area (Å²) < 4.78 is 7.16. The number of anilines is 1. The molecule has 0 atom stereocenters. The summed E-state index contributed by atoms with van der Waals surface area (Å²) in [6.45, 7) is 2.28. The van der Waals surface area contributed by atoms with Crippen molar-refractivity contribution < 1.29 is 9.84 Å². The van der Waals surface area contributed by atoms with E-state index in [1.165, 1.54) is 0 Å². The van der Waals surface area contributed by atoms with Crippen molar-refractivity contribution in [2.24, 2.45) is 7.05 Å². The van der Waals surface area contributed by atoms with Crippen LogP contribution in [0.4, 0.5) is 5.69 Å². The van der Waals surface area contributed by atoms with Crippen LogP contribution in [-0.2, 0) is 7.05 Å². The lowest BCUT2D eigenvalue weighted by Crippen LogP contribution is -2.26. The summed E-state index contributed by atoms with van der Waals surface area (Å²) in [5.74, 6) is 1.70. The third kappa shape index (κ3) is 2.42. The van der Waals surface area contributed by atoms with Gasteiger partial charge in [0.2, 0.25) is 0 Å². The Balaban J connectivity index is 1.78. The zero-order chi connectivity index (χ0) is 18.4. The minimum absolute atomic E-state index is 0.155. The van der Waals surface area contributed by atoms with Crippen molar-refractivity contribution >= 4 is 28.1 Å². The van der Waals surface area contributed by atoms with E-state index in [4.69, 9.17) is 10.1 Å². The summed E-state index contributed by atoms with van der Waals surface area (Å²) in [5, 5.41) is 19.2. The maximum absolute atomic E-state index is 10.6. The molecule has 0 unspecified atom stereocenters. The van der Waals surface area contributed by atoms with E-state index in [0.717, 1.165) is 28.0 Å². The smallest absolute Gasteiger partial charge is 0.148 e. The third-order valence-corrected chi connectivity index (χ3v) is 4.73. The van der Waals surface area contributed by atoms with Gasteiger partial charge in [-0.3, -0.25) is 5.41 Å². The van der Waals surface area contributed by atoms with Crippen molar-refractivity contribution in [2.45, 2.75) is 6.92 Å². The first-order valence-corrected chi connectivity index (χ1v) is 8.35. The maximum Gasteiger partial charge on any atom is 0.148 e. The molecule has 1 aromatic heterocycles. The van der Waals surface area contributed by atoms with Gasteiger partial charge >= 0.3 is 0 Å². The molecule has 1 aliphatic rings. The molecular formula is C20H20N4O2. The van der Waals surface area contributed by atoms with Crippen LogP contribution in [0.5, 0.6) is 5.75 Å². The Bertz CT molecular complexity index is 1060. The first kappa shape index (κ1) is 16.2. The van der Waals surface area contributed by atoms with E-state index < -0.39 is 0 Å². The second-order valence-corrected chi connectivity index (χ2v) is 6.44. The predicted octanol–water partition coefficient (Wildman–Crippen LogP) is 3.66. The zero-order valence-corrected chi connectivity index (χ0v) is 14.9. The van der Waals surface area contributed by atoms with Crippen LogP contribution in [0.25, 0.3) is 16.6 Å². The molecule has 1 aliphatic heterocycles. The molecule has 0 saturated carbocycles. The van der Waals surface area contributed by atoms with Crippen molar-refractivity contribution in [3.8, 4) is 5.75 Å². The Morgan fingerprint density at radius 1 is 1.19 bits per heavy atom. The number of fused-ring (bicyclic) bond motifs is 1. The Morgan fingerprint density at radius 2 is 2.00 bits per heavy atom. The first-order valence-electron chi connectivity index (χ1n) is 8.35. The molecule has 4 rings (SSSR count). The van der Waals surface area contributed by atoms with Crippen molar-refractivity contribution in [3.05, 3.63) is 59.6 Å². The largest absolute Gasteiger partial charge is 0.509 e. The number of imidazole rings is 1. The Kier molecular flexibility index (Phi) is 3.68. The molecule has 0 aliphatic carbocycles. The molecule has 0 fully saturated rings.